The lowest BCUT2D eigenvalue weighted by Gasteiger charge is -2.44. The highest BCUT2D eigenvalue weighted by molar-refractivity contribution is 5.79. The molecule has 1 rings (SSSR count). The highest BCUT2D eigenvalue weighted by Gasteiger charge is 2.36. The molecule has 0 aromatic carbocycles. The average molecular weight is 298 g/mol. The van der Waals surface area contributed by atoms with E-state index < -0.39 is 0 Å². The molecule has 2 atom stereocenters. The van der Waals surface area contributed by atoms with Gasteiger partial charge in [-0.15, -0.1) is 0 Å². The van der Waals surface area contributed by atoms with Gasteiger partial charge in [0.05, 0.1) is 13.2 Å². The van der Waals surface area contributed by atoms with Crippen LogP contribution in [0.3, 0.4) is 0 Å². The second-order valence-corrected chi connectivity index (χ2v) is 6.44. The van der Waals surface area contributed by atoms with Gasteiger partial charge in [-0.25, -0.2) is 0 Å². The summed E-state index contributed by atoms with van der Waals surface area (Å²) in [5.74, 6) is 1.69. The quantitative estimate of drug-likeness (QED) is 0.427. The molecule has 0 bridgehead atoms. The predicted octanol–water partition coefficient (Wildman–Crippen LogP) is 1.70. The normalized spacial score (nSPS) is 27.0. The zero-order valence-corrected chi connectivity index (χ0v) is 14.5. The maximum Gasteiger partial charge on any atom is 0.191 e. The van der Waals surface area contributed by atoms with E-state index in [9.17, 15) is 0 Å². The van der Waals surface area contributed by atoms with Crippen LogP contribution < -0.4 is 10.6 Å². The largest absolute Gasteiger partial charge is 0.383 e. The van der Waals surface area contributed by atoms with Crippen molar-refractivity contribution in [2.24, 2.45) is 10.9 Å². The van der Waals surface area contributed by atoms with Crippen molar-refractivity contribution in [3.63, 3.8) is 0 Å². The third-order valence-corrected chi connectivity index (χ3v) is 4.49. The van der Waals surface area contributed by atoms with Crippen molar-refractivity contribution in [2.45, 2.75) is 45.1 Å². The number of ether oxygens (including phenoxy) is 1. The highest BCUT2D eigenvalue weighted by Crippen LogP contribution is 2.35. The topological polar surface area (TPSA) is 48.9 Å². The van der Waals surface area contributed by atoms with E-state index in [1.54, 1.807) is 7.11 Å². The van der Waals surface area contributed by atoms with Crippen molar-refractivity contribution in [3.8, 4) is 0 Å². The van der Waals surface area contributed by atoms with E-state index in [4.69, 9.17) is 9.73 Å². The third-order valence-electron chi connectivity index (χ3n) is 4.49. The lowest BCUT2D eigenvalue weighted by atomic mass is 9.75. The van der Waals surface area contributed by atoms with Gasteiger partial charge in [0.1, 0.15) is 0 Å². The molecular weight excluding hydrogens is 264 g/mol. The Hall–Kier alpha value is -0.810. The van der Waals surface area contributed by atoms with Crippen LogP contribution in [0.4, 0.5) is 0 Å². The summed E-state index contributed by atoms with van der Waals surface area (Å²) in [6.07, 6.45) is 5.14. The van der Waals surface area contributed by atoms with Gasteiger partial charge in [-0.1, -0.05) is 19.8 Å². The number of hydrogen-bond donors (Lipinski definition) is 2. The molecule has 1 fully saturated rings. The molecule has 5 heteroatoms. The first kappa shape index (κ1) is 18.2. The van der Waals surface area contributed by atoms with Crippen LogP contribution in [0.15, 0.2) is 4.99 Å². The number of nitrogens with zero attached hydrogens (tertiary/aromatic N) is 2. The monoisotopic (exact) mass is 298 g/mol. The van der Waals surface area contributed by atoms with Gasteiger partial charge in [0, 0.05) is 25.7 Å². The molecule has 124 valence electrons. The van der Waals surface area contributed by atoms with Crippen molar-refractivity contribution < 1.29 is 4.74 Å². The molecule has 1 aliphatic rings. The number of aliphatic imine (C=N–C) groups is 1. The van der Waals surface area contributed by atoms with Gasteiger partial charge in [-0.2, -0.15) is 0 Å². The molecule has 0 heterocycles. The Balaban J connectivity index is 2.68. The van der Waals surface area contributed by atoms with E-state index in [2.05, 4.69) is 43.5 Å². The summed E-state index contributed by atoms with van der Waals surface area (Å²) in [4.78, 5) is 7.21. The number of nitrogens with one attached hydrogen (secondary N) is 2. The van der Waals surface area contributed by atoms with Crippen LogP contribution in [-0.4, -0.2) is 63.8 Å². The van der Waals surface area contributed by atoms with Crippen molar-refractivity contribution >= 4 is 5.96 Å². The fourth-order valence-electron chi connectivity index (χ4n) is 3.16. The molecule has 0 aliphatic heterocycles. The Morgan fingerprint density at radius 3 is 2.71 bits per heavy atom. The Morgan fingerprint density at radius 1 is 1.38 bits per heavy atom. The van der Waals surface area contributed by atoms with Gasteiger partial charge < -0.3 is 20.3 Å². The molecule has 21 heavy (non-hydrogen) atoms. The molecule has 0 aromatic heterocycles. The minimum absolute atomic E-state index is 0.210. The Labute approximate surface area is 130 Å². The van der Waals surface area contributed by atoms with E-state index in [0.717, 1.165) is 31.5 Å². The number of methoxy groups -OCH3 is 1. The molecule has 0 radical (unpaired) electrons. The first-order valence-electron chi connectivity index (χ1n) is 8.22. The van der Waals surface area contributed by atoms with Crippen LogP contribution in [0, 0.1) is 5.92 Å². The smallest absolute Gasteiger partial charge is 0.191 e. The first-order valence-corrected chi connectivity index (χ1v) is 8.22. The molecule has 1 aliphatic carbocycles. The zero-order chi connectivity index (χ0) is 15.7. The summed E-state index contributed by atoms with van der Waals surface area (Å²) < 4.78 is 5.08. The maximum atomic E-state index is 5.08. The lowest BCUT2D eigenvalue weighted by molar-refractivity contribution is 0.0845. The molecule has 0 aromatic rings. The summed E-state index contributed by atoms with van der Waals surface area (Å²) >= 11 is 0. The standard InChI is InChI=1S/C16H34N4O/c1-6-17-15(18-10-11-21-5)19-13-16(20(3)4)9-7-8-14(2)12-16/h14H,6-13H2,1-5H3,(H2,17,18,19). The van der Waals surface area contributed by atoms with Crippen LogP contribution in [-0.2, 0) is 4.74 Å². The fourth-order valence-corrected chi connectivity index (χ4v) is 3.16. The van der Waals surface area contributed by atoms with Crippen molar-refractivity contribution in [3.05, 3.63) is 0 Å². The van der Waals surface area contributed by atoms with Crippen molar-refractivity contribution in [2.75, 3.05) is 47.4 Å². The van der Waals surface area contributed by atoms with Crippen molar-refractivity contribution in [1.82, 2.24) is 15.5 Å². The van der Waals surface area contributed by atoms with Gasteiger partial charge in [-0.3, -0.25) is 4.99 Å². The van der Waals surface area contributed by atoms with E-state index >= 15 is 0 Å². The summed E-state index contributed by atoms with van der Waals surface area (Å²) in [5.41, 5.74) is 0.210. The second-order valence-electron chi connectivity index (χ2n) is 6.44. The molecule has 5 nitrogen and oxygen atoms in total. The van der Waals surface area contributed by atoms with Crippen LogP contribution in [0.25, 0.3) is 0 Å². The Bertz CT molecular complexity index is 319. The van der Waals surface area contributed by atoms with Crippen molar-refractivity contribution in [1.29, 1.82) is 0 Å². The summed E-state index contributed by atoms with van der Waals surface area (Å²) in [7, 11) is 6.11. The number of hydrogen-bond acceptors (Lipinski definition) is 3. The van der Waals surface area contributed by atoms with Gasteiger partial charge in [0.15, 0.2) is 5.96 Å². The van der Waals surface area contributed by atoms with E-state index in [1.807, 2.05) is 0 Å². The van der Waals surface area contributed by atoms with Gasteiger partial charge in [0.2, 0.25) is 0 Å². The Kier molecular flexibility index (Phi) is 8.04. The Morgan fingerprint density at radius 2 is 2.14 bits per heavy atom. The molecule has 1 saturated carbocycles. The number of likely N-dealkylation sites (N-methyl/N-ethyl adjacent to an activating group) is 1. The van der Waals surface area contributed by atoms with Gasteiger partial charge in [0.25, 0.3) is 0 Å². The van der Waals surface area contributed by atoms with Gasteiger partial charge in [-0.05, 0) is 39.8 Å². The molecule has 2 N–H and O–H groups in total. The predicted molar refractivity (Wildman–Crippen MR) is 89.9 cm³/mol. The van der Waals surface area contributed by atoms with Crippen LogP contribution in [0.5, 0.6) is 0 Å². The molecule has 0 spiro atoms. The number of rotatable bonds is 7. The molecule has 0 amide bonds. The van der Waals surface area contributed by atoms with Crippen LogP contribution in [0.1, 0.15) is 39.5 Å². The molecule has 0 saturated heterocycles. The summed E-state index contributed by atoms with van der Waals surface area (Å²) in [6.45, 7) is 7.67. The summed E-state index contributed by atoms with van der Waals surface area (Å²) in [6, 6.07) is 0. The number of guanidine groups is 1. The SMILES string of the molecule is CCNC(=NCC1(N(C)C)CCCC(C)C1)NCCOC. The second kappa shape index (κ2) is 9.26. The third kappa shape index (κ3) is 5.83. The van der Waals surface area contributed by atoms with E-state index in [0.29, 0.717) is 6.61 Å². The lowest BCUT2D eigenvalue weighted by Crippen LogP contribution is -2.51. The minimum atomic E-state index is 0.210. The van der Waals surface area contributed by atoms with Crippen LogP contribution in [0.2, 0.25) is 0 Å². The molecule has 2 unspecified atom stereocenters. The van der Waals surface area contributed by atoms with E-state index in [1.165, 1.54) is 25.7 Å². The first-order chi connectivity index (χ1) is 10.0. The fraction of sp³-hybridized carbons (Fsp3) is 0.938. The maximum absolute atomic E-state index is 5.08. The zero-order valence-electron chi connectivity index (χ0n) is 14.5. The minimum Gasteiger partial charge on any atom is -0.383 e. The average Bonchev–Trinajstić information content (AvgIpc) is 2.45. The molecular formula is C16H34N4O. The summed E-state index contributed by atoms with van der Waals surface area (Å²) in [5, 5.41) is 6.64. The van der Waals surface area contributed by atoms with E-state index in [-0.39, 0.29) is 5.54 Å². The van der Waals surface area contributed by atoms with Crippen LogP contribution >= 0.6 is 0 Å². The van der Waals surface area contributed by atoms with Gasteiger partial charge >= 0.3 is 0 Å². The highest BCUT2D eigenvalue weighted by atomic mass is 16.5.